The Balaban J connectivity index is 1.48. The lowest BCUT2D eigenvalue weighted by Crippen LogP contribution is -2.29. The highest BCUT2D eigenvalue weighted by atomic mass is 35.5. The lowest BCUT2D eigenvalue weighted by molar-refractivity contribution is -0.113. The van der Waals surface area contributed by atoms with E-state index in [9.17, 15) is 4.79 Å². The molecule has 1 aromatic heterocycles. The highest BCUT2D eigenvalue weighted by Crippen LogP contribution is 2.28. The van der Waals surface area contributed by atoms with Crippen LogP contribution in [0.3, 0.4) is 0 Å². The minimum absolute atomic E-state index is 0.000438. The lowest BCUT2D eigenvalue weighted by Gasteiger charge is -2.23. The van der Waals surface area contributed by atoms with Crippen LogP contribution < -0.4 is 5.32 Å². The van der Waals surface area contributed by atoms with Crippen molar-refractivity contribution in [3.8, 4) is 0 Å². The van der Waals surface area contributed by atoms with Gasteiger partial charge in [0.25, 0.3) is 0 Å². The van der Waals surface area contributed by atoms with Crippen LogP contribution >= 0.6 is 34.7 Å². The fourth-order valence-electron chi connectivity index (χ4n) is 2.62. The number of nitrogens with one attached hydrogen (secondary N) is 1. The molecule has 0 bridgehead atoms. The van der Waals surface area contributed by atoms with Crippen molar-refractivity contribution in [3.05, 3.63) is 45.4 Å². The molecule has 0 atom stereocenters. The average Bonchev–Trinajstić information content (AvgIpc) is 2.95. The van der Waals surface area contributed by atoms with Gasteiger partial charge in [-0.15, -0.1) is 23.1 Å². The minimum Gasteiger partial charge on any atom is -0.301 e. The number of rotatable bonds is 6. The van der Waals surface area contributed by atoms with E-state index in [4.69, 9.17) is 11.6 Å². The molecule has 0 spiro atoms. The Labute approximate surface area is 155 Å². The third-order valence-corrected chi connectivity index (χ3v) is 6.13. The van der Waals surface area contributed by atoms with Crippen molar-refractivity contribution >= 4 is 45.7 Å². The third-order valence-electron chi connectivity index (χ3n) is 3.89. The Morgan fingerprint density at radius 1 is 1.50 bits per heavy atom. The fraction of sp³-hybridized carbons (Fsp3) is 0.412. The first-order valence-electron chi connectivity index (χ1n) is 7.97. The van der Waals surface area contributed by atoms with Crippen molar-refractivity contribution in [1.82, 2.24) is 9.88 Å². The van der Waals surface area contributed by atoms with Crippen LogP contribution in [0.5, 0.6) is 0 Å². The zero-order valence-electron chi connectivity index (χ0n) is 13.5. The molecule has 0 saturated heterocycles. The molecule has 3 rings (SSSR count). The maximum Gasteiger partial charge on any atom is 0.236 e. The zero-order chi connectivity index (χ0) is 16.9. The number of fused-ring (bicyclic) bond motifs is 1. The van der Waals surface area contributed by atoms with E-state index >= 15 is 0 Å². The molecule has 2 aromatic rings. The maximum atomic E-state index is 12.1. The quantitative estimate of drug-likeness (QED) is 0.819. The van der Waals surface area contributed by atoms with Crippen LogP contribution in [-0.4, -0.2) is 34.6 Å². The smallest absolute Gasteiger partial charge is 0.236 e. The van der Waals surface area contributed by atoms with E-state index in [0.29, 0.717) is 5.75 Å². The molecule has 1 aliphatic rings. The second kappa shape index (κ2) is 8.34. The van der Waals surface area contributed by atoms with E-state index in [1.54, 1.807) is 23.1 Å². The summed E-state index contributed by atoms with van der Waals surface area (Å²) in [4.78, 5) is 20.3. The first-order valence-corrected chi connectivity index (χ1v) is 10.3. The molecule has 128 valence electrons. The van der Waals surface area contributed by atoms with Gasteiger partial charge in [-0.25, -0.2) is 4.98 Å². The van der Waals surface area contributed by atoms with Gasteiger partial charge in [-0.2, -0.15) is 0 Å². The van der Waals surface area contributed by atoms with E-state index < -0.39 is 0 Å². The number of nitrogens with zero attached hydrogens (tertiary/aromatic N) is 2. The average molecular weight is 382 g/mol. The molecule has 0 radical (unpaired) electrons. The number of halogens is 1. The minimum atomic E-state index is 0.000438. The van der Waals surface area contributed by atoms with Crippen molar-refractivity contribution < 1.29 is 4.79 Å². The van der Waals surface area contributed by atoms with Gasteiger partial charge < -0.3 is 5.32 Å². The molecule has 24 heavy (non-hydrogen) atoms. The number of thioether (sulfide) groups is 1. The predicted molar refractivity (Wildman–Crippen MR) is 103 cm³/mol. The van der Waals surface area contributed by atoms with Crippen LogP contribution in [-0.2, 0) is 23.5 Å². The van der Waals surface area contributed by atoms with Gasteiger partial charge in [0.2, 0.25) is 5.91 Å². The highest BCUT2D eigenvalue weighted by molar-refractivity contribution is 7.99. The van der Waals surface area contributed by atoms with Gasteiger partial charge in [-0.05, 0) is 24.2 Å². The van der Waals surface area contributed by atoms with Crippen molar-refractivity contribution in [2.75, 3.05) is 24.2 Å². The normalized spacial score (nSPS) is 14.4. The van der Waals surface area contributed by atoms with E-state index in [1.165, 1.54) is 4.88 Å². The molecule has 0 saturated carbocycles. The monoisotopic (exact) mass is 381 g/mol. The number of thiazole rings is 1. The molecule has 2 heterocycles. The van der Waals surface area contributed by atoms with Gasteiger partial charge in [0, 0.05) is 35.2 Å². The third kappa shape index (κ3) is 4.72. The summed E-state index contributed by atoms with van der Waals surface area (Å²) >= 11 is 9.15. The fourth-order valence-corrected chi connectivity index (χ4v) is 4.67. The molecule has 0 fully saturated rings. The number of aromatic nitrogens is 1. The topological polar surface area (TPSA) is 45.2 Å². The number of anilines is 1. The lowest BCUT2D eigenvalue weighted by atomic mass is 10.2. The molecular formula is C17H20ClN3OS2. The molecule has 7 heteroatoms. The van der Waals surface area contributed by atoms with Crippen molar-refractivity contribution in [2.24, 2.45) is 0 Å². The van der Waals surface area contributed by atoms with Crippen molar-refractivity contribution in [1.29, 1.82) is 0 Å². The van der Waals surface area contributed by atoms with Gasteiger partial charge in [0.1, 0.15) is 0 Å². The van der Waals surface area contributed by atoms with Gasteiger partial charge in [0.15, 0.2) is 5.13 Å². The Morgan fingerprint density at radius 2 is 2.38 bits per heavy atom. The first-order chi connectivity index (χ1) is 11.6. The van der Waals surface area contributed by atoms with E-state index in [0.717, 1.165) is 53.2 Å². The summed E-state index contributed by atoms with van der Waals surface area (Å²) in [5.41, 5.74) is 2.27. The Bertz CT molecular complexity index is 720. The summed E-state index contributed by atoms with van der Waals surface area (Å²) in [7, 11) is 0. The first kappa shape index (κ1) is 17.7. The number of carbonyl (C=O) groups is 1. The van der Waals surface area contributed by atoms with E-state index in [1.807, 2.05) is 24.3 Å². The predicted octanol–water partition coefficient (Wildman–Crippen LogP) is 4.05. The Hall–Kier alpha value is -1.08. The molecular weight excluding hydrogens is 362 g/mol. The summed E-state index contributed by atoms with van der Waals surface area (Å²) in [5.74, 6) is 1.19. The molecule has 0 aliphatic carbocycles. The summed E-state index contributed by atoms with van der Waals surface area (Å²) in [6, 6.07) is 7.73. The van der Waals surface area contributed by atoms with Crippen LogP contribution in [0, 0.1) is 0 Å². The van der Waals surface area contributed by atoms with Crippen LogP contribution in [0.25, 0.3) is 0 Å². The van der Waals surface area contributed by atoms with Gasteiger partial charge in [0.05, 0.1) is 11.4 Å². The van der Waals surface area contributed by atoms with Crippen molar-refractivity contribution in [2.45, 2.75) is 25.6 Å². The largest absolute Gasteiger partial charge is 0.301 e. The van der Waals surface area contributed by atoms with E-state index in [2.05, 4.69) is 22.1 Å². The number of hydrogen-bond donors (Lipinski definition) is 1. The van der Waals surface area contributed by atoms with Crippen LogP contribution in [0.2, 0.25) is 5.02 Å². The van der Waals surface area contributed by atoms with Crippen LogP contribution in [0.1, 0.15) is 23.1 Å². The van der Waals surface area contributed by atoms with Crippen molar-refractivity contribution in [3.63, 3.8) is 0 Å². The van der Waals surface area contributed by atoms with Gasteiger partial charge in [-0.3, -0.25) is 9.69 Å². The number of hydrogen-bond acceptors (Lipinski definition) is 5. The summed E-state index contributed by atoms with van der Waals surface area (Å²) in [6.45, 7) is 5.23. The molecule has 1 N–H and O–H groups in total. The standard InChI is InChI=1S/C17H20ClN3OS2/c1-2-21-7-6-14-15(9-21)24-17(19-14)20-16(22)11-23-10-12-4-3-5-13(18)8-12/h3-5,8H,2,6-7,9-11H2,1H3,(H,19,20,22). The van der Waals surface area contributed by atoms with Gasteiger partial charge >= 0.3 is 0 Å². The molecule has 0 unspecified atom stereocenters. The second-order valence-electron chi connectivity index (χ2n) is 5.68. The number of likely N-dealkylation sites (N-methyl/N-ethyl adjacent to an activating group) is 1. The summed E-state index contributed by atoms with van der Waals surface area (Å²) in [5, 5.41) is 4.39. The molecule has 4 nitrogen and oxygen atoms in total. The second-order valence-corrected chi connectivity index (χ2v) is 8.18. The number of carbonyl (C=O) groups excluding carboxylic acids is 1. The number of benzene rings is 1. The molecule has 1 aliphatic heterocycles. The number of amides is 1. The Morgan fingerprint density at radius 3 is 3.17 bits per heavy atom. The zero-order valence-corrected chi connectivity index (χ0v) is 15.9. The summed E-state index contributed by atoms with van der Waals surface area (Å²) < 4.78 is 0. The Kier molecular flexibility index (Phi) is 6.16. The highest BCUT2D eigenvalue weighted by Gasteiger charge is 2.20. The molecule has 1 aromatic carbocycles. The maximum absolute atomic E-state index is 12.1. The van der Waals surface area contributed by atoms with E-state index in [-0.39, 0.29) is 5.91 Å². The van der Waals surface area contributed by atoms with Gasteiger partial charge in [-0.1, -0.05) is 30.7 Å². The van der Waals surface area contributed by atoms with Crippen LogP contribution in [0.4, 0.5) is 5.13 Å². The molecule has 1 amide bonds. The van der Waals surface area contributed by atoms with Crippen LogP contribution in [0.15, 0.2) is 24.3 Å². The SMILES string of the molecule is CCN1CCc2nc(NC(=O)CSCc3cccc(Cl)c3)sc2C1. The summed E-state index contributed by atoms with van der Waals surface area (Å²) in [6.07, 6.45) is 0.971.